The van der Waals surface area contributed by atoms with Gasteiger partial charge in [-0.3, -0.25) is 28.8 Å². The third-order valence-electron chi connectivity index (χ3n) is 10.1. The lowest BCUT2D eigenvalue weighted by molar-refractivity contribution is -0.203. The molecular weight excluding hydrogens is 1050 g/mol. The van der Waals surface area contributed by atoms with Crippen molar-refractivity contribution in [2.75, 3.05) is 0 Å². The lowest BCUT2D eigenvalue weighted by Crippen LogP contribution is -2.36. The number of esters is 2. The highest BCUT2D eigenvalue weighted by molar-refractivity contribution is 6.01. The van der Waals surface area contributed by atoms with Crippen LogP contribution in [0.1, 0.15) is 160 Å². The summed E-state index contributed by atoms with van der Waals surface area (Å²) >= 11 is 0. The molecule has 3 fully saturated rings. The van der Waals surface area contributed by atoms with Gasteiger partial charge in [-0.1, -0.05) is 33.9 Å². The van der Waals surface area contributed by atoms with Gasteiger partial charge in [0.2, 0.25) is 23.1 Å². The standard InChI is InChI=1S/C12H12F4O2.C12H13F3O2.C11H17NO3.C10H15NO3.C9H13NO4/c1-5-6(13)8(15)9(16)10(7(5)14)18-11(17)12(2,3)4;1-6-5-7(13)9(15)10(8(6)14)17-11(16)12(2,3)4;1-8-5-6-9(13)12(8)15-10(14)7-11(2,3)4;1-7-5-6-8(12)11(7)14-9(13)10(2,3)4;1-9(2,3)8(13)14-10-6(11)4-5-7(10)12/h1-4H3;5H,1-4H3;1,5-7H2,2-4H3;1,5-6H2,2-4H3;4-5H2,1-3H3. The number of halogens is 7. The maximum absolute atomic E-state index is 13.5. The van der Waals surface area contributed by atoms with E-state index in [2.05, 4.69) is 22.6 Å². The number of allylic oxidation sites excluding steroid dienone is 2. The van der Waals surface area contributed by atoms with E-state index in [0.29, 0.717) is 48.2 Å². The van der Waals surface area contributed by atoms with Gasteiger partial charge in [-0.2, -0.15) is 8.78 Å². The summed E-state index contributed by atoms with van der Waals surface area (Å²) in [4.78, 5) is 116. The van der Waals surface area contributed by atoms with E-state index in [0.717, 1.165) is 17.1 Å². The van der Waals surface area contributed by atoms with E-state index in [9.17, 15) is 73.9 Å². The minimum atomic E-state index is -1.87. The first-order valence-corrected chi connectivity index (χ1v) is 24.1. The smallest absolute Gasteiger partial charge is 0.338 e. The third-order valence-corrected chi connectivity index (χ3v) is 10.1. The van der Waals surface area contributed by atoms with Crippen LogP contribution in [0.5, 0.6) is 11.5 Å². The first-order chi connectivity index (χ1) is 35.1. The molecule has 3 aliphatic heterocycles. The number of benzene rings is 2. The molecule has 0 atom stereocenters. The van der Waals surface area contributed by atoms with Crippen molar-refractivity contribution in [2.45, 2.75) is 163 Å². The number of amides is 4. The Balaban J connectivity index is 0.000000489. The van der Waals surface area contributed by atoms with E-state index in [1.54, 1.807) is 41.5 Å². The van der Waals surface area contributed by atoms with Crippen molar-refractivity contribution >= 4 is 53.5 Å². The second-order valence-electron chi connectivity index (χ2n) is 23.2. The average molecular weight is 1120 g/mol. The maximum Gasteiger partial charge on any atom is 0.338 e. The van der Waals surface area contributed by atoms with Crippen LogP contribution in [0.2, 0.25) is 0 Å². The predicted molar refractivity (Wildman–Crippen MR) is 265 cm³/mol. The van der Waals surface area contributed by atoms with Gasteiger partial charge in [-0.25, -0.2) is 36.3 Å². The number of hydroxylamine groups is 6. The molecule has 17 nitrogen and oxygen atoms in total. The normalized spacial score (nSPS) is 14.7. The molecule has 78 heavy (non-hydrogen) atoms. The van der Waals surface area contributed by atoms with Gasteiger partial charge in [0.1, 0.15) is 0 Å². The molecule has 0 unspecified atom stereocenters. The van der Waals surface area contributed by atoms with Crippen LogP contribution < -0.4 is 9.47 Å². The maximum atomic E-state index is 13.5. The lowest BCUT2D eigenvalue weighted by Gasteiger charge is -2.21. The van der Waals surface area contributed by atoms with E-state index in [4.69, 9.17) is 14.5 Å². The van der Waals surface area contributed by atoms with E-state index >= 15 is 0 Å². The molecule has 3 aliphatic rings. The van der Waals surface area contributed by atoms with Crippen molar-refractivity contribution in [3.63, 3.8) is 0 Å². The highest BCUT2D eigenvalue weighted by atomic mass is 19.2. The van der Waals surface area contributed by atoms with Crippen molar-refractivity contribution in [3.8, 4) is 11.5 Å². The molecule has 2 aromatic carbocycles. The summed E-state index contributed by atoms with van der Waals surface area (Å²) in [6.07, 6.45) is 2.41. The van der Waals surface area contributed by atoms with Crippen LogP contribution in [0.15, 0.2) is 30.6 Å². The first-order valence-electron chi connectivity index (χ1n) is 24.1. The fourth-order valence-corrected chi connectivity index (χ4v) is 5.25. The fourth-order valence-electron chi connectivity index (χ4n) is 5.25. The van der Waals surface area contributed by atoms with Gasteiger partial charge in [0.05, 0.1) is 39.5 Å². The molecule has 5 rings (SSSR count). The minimum absolute atomic E-state index is 0.121. The molecule has 0 saturated carbocycles. The third kappa shape index (κ3) is 20.3. The monoisotopic (exact) mass is 1120 g/mol. The molecular formula is C54H70F7N3O14. The summed E-state index contributed by atoms with van der Waals surface area (Å²) in [7, 11) is 0. The number of hydrogen-bond acceptors (Lipinski definition) is 14. The van der Waals surface area contributed by atoms with Gasteiger partial charge in [0.25, 0.3) is 23.6 Å². The number of hydrogen-bond donors (Lipinski definition) is 0. The van der Waals surface area contributed by atoms with Crippen LogP contribution in [0.4, 0.5) is 30.7 Å². The zero-order chi connectivity index (χ0) is 61.1. The zero-order valence-electron chi connectivity index (χ0n) is 47.1. The molecule has 0 aromatic heterocycles. The Morgan fingerprint density at radius 2 is 0.782 bits per heavy atom. The zero-order valence-corrected chi connectivity index (χ0v) is 47.1. The Morgan fingerprint density at radius 3 is 1.13 bits per heavy atom. The Morgan fingerprint density at radius 1 is 0.449 bits per heavy atom. The number of carbonyl (C=O) groups is 9. The molecule has 0 radical (unpaired) electrons. The van der Waals surface area contributed by atoms with Gasteiger partial charge in [0.15, 0.2) is 29.1 Å². The second-order valence-corrected chi connectivity index (χ2v) is 23.2. The number of nitrogens with zero attached hydrogens (tertiary/aromatic N) is 3. The SMILES string of the molecule is C=C1CCC(=O)N1OC(=O)C(C)(C)C.C=C1CCC(=O)N1OC(=O)CC(C)(C)C.CC(C)(C)C(=O)ON1C(=O)CCC1=O.Cc1c(F)c(F)c(F)c(OC(=O)C(C)(C)C)c1F.Cc1cc(F)c(F)c(OC(=O)C(C)(C)C)c1F. The molecule has 4 amide bonds. The number of imide groups is 1. The van der Waals surface area contributed by atoms with Crippen LogP contribution in [-0.2, 0) is 57.7 Å². The summed E-state index contributed by atoms with van der Waals surface area (Å²) in [5.74, 6) is -17.3. The summed E-state index contributed by atoms with van der Waals surface area (Å²) in [6.45, 7) is 34.4. The Hall–Kier alpha value is -7.14. The Bertz CT molecular complexity index is 2530. The van der Waals surface area contributed by atoms with Gasteiger partial charge >= 0.3 is 29.8 Å². The number of ether oxygens (including phenoxy) is 2. The van der Waals surface area contributed by atoms with E-state index in [1.807, 2.05) is 20.8 Å². The molecule has 3 saturated heterocycles. The van der Waals surface area contributed by atoms with Crippen molar-refractivity contribution in [3.05, 3.63) is 82.5 Å². The van der Waals surface area contributed by atoms with Gasteiger partial charge < -0.3 is 24.0 Å². The van der Waals surface area contributed by atoms with Gasteiger partial charge in [-0.05, 0) is 127 Å². The topological polar surface area (TPSA) is 209 Å². The van der Waals surface area contributed by atoms with Crippen LogP contribution >= 0.6 is 0 Å². The molecule has 434 valence electrons. The molecule has 0 N–H and O–H groups in total. The Labute approximate surface area is 449 Å². The first kappa shape index (κ1) is 68.9. The highest BCUT2D eigenvalue weighted by Gasteiger charge is 2.37. The minimum Gasteiger partial charge on any atom is -0.420 e. The van der Waals surface area contributed by atoms with Crippen molar-refractivity contribution in [2.24, 2.45) is 27.1 Å². The number of carbonyl (C=O) groups excluding carboxylic acids is 9. The summed E-state index contributed by atoms with van der Waals surface area (Å²) < 4.78 is 102. The fraction of sp³-hybridized carbons (Fsp3) is 0.537. The number of rotatable bonds is 6. The highest BCUT2D eigenvalue weighted by Crippen LogP contribution is 2.33. The van der Waals surface area contributed by atoms with Crippen LogP contribution in [0.25, 0.3) is 0 Å². The van der Waals surface area contributed by atoms with Crippen molar-refractivity contribution < 1.29 is 97.9 Å². The molecule has 3 heterocycles. The molecule has 24 heteroatoms. The van der Waals surface area contributed by atoms with Crippen molar-refractivity contribution in [1.82, 2.24) is 15.2 Å². The quantitative estimate of drug-likeness (QED) is 0.0658. The molecule has 0 aliphatic carbocycles. The summed E-state index contributed by atoms with van der Waals surface area (Å²) in [5, 5.41) is 2.59. The predicted octanol–water partition coefficient (Wildman–Crippen LogP) is 11.2. The van der Waals surface area contributed by atoms with Crippen molar-refractivity contribution in [1.29, 1.82) is 0 Å². The van der Waals surface area contributed by atoms with E-state index in [1.165, 1.54) is 48.5 Å². The second kappa shape index (κ2) is 27.0. The van der Waals surface area contributed by atoms with E-state index < -0.39 is 115 Å². The van der Waals surface area contributed by atoms with Gasteiger partial charge in [-0.15, -0.1) is 15.2 Å². The molecule has 0 bridgehead atoms. The van der Waals surface area contributed by atoms with Crippen LogP contribution in [0, 0.1) is 81.6 Å². The van der Waals surface area contributed by atoms with Crippen LogP contribution in [0.3, 0.4) is 0 Å². The molecule has 2 aromatic rings. The van der Waals surface area contributed by atoms with Crippen LogP contribution in [-0.4, -0.2) is 68.7 Å². The summed E-state index contributed by atoms with van der Waals surface area (Å²) in [5.41, 5.74) is -3.19. The van der Waals surface area contributed by atoms with Gasteiger partial charge in [0, 0.05) is 31.2 Å². The van der Waals surface area contributed by atoms with E-state index in [-0.39, 0.29) is 48.0 Å². The number of aryl methyl sites for hydroxylation is 1. The average Bonchev–Trinajstić information content (AvgIpc) is 3.91. The lowest BCUT2D eigenvalue weighted by atomic mass is 9.93. The largest absolute Gasteiger partial charge is 0.420 e. The Kier molecular flexibility index (Phi) is 23.8. The summed E-state index contributed by atoms with van der Waals surface area (Å²) in [6, 6.07) is 0.707. The molecule has 0 spiro atoms.